The van der Waals surface area contributed by atoms with Gasteiger partial charge >= 0.3 is 5.97 Å². The molecular weight excluding hydrogens is 285 g/mol. The average molecular weight is 298 g/mol. The van der Waals surface area contributed by atoms with Gasteiger partial charge in [0.1, 0.15) is 11.5 Å². The van der Waals surface area contributed by atoms with Crippen LogP contribution in [0.2, 0.25) is 5.02 Å². The number of halogens is 2. The number of carbonyl (C=O) groups is 2. The molecule has 1 rings (SSSR count). The van der Waals surface area contributed by atoms with E-state index in [9.17, 15) is 14.0 Å². The van der Waals surface area contributed by atoms with Gasteiger partial charge in [-0.15, -0.1) is 0 Å². The molecule has 1 N–H and O–H groups in total. The maximum Gasteiger partial charge on any atom is 0.352 e. The van der Waals surface area contributed by atoms with Gasteiger partial charge in [-0.1, -0.05) is 17.7 Å². The summed E-state index contributed by atoms with van der Waals surface area (Å²) in [6.07, 6.45) is 2.00. The van der Waals surface area contributed by atoms with E-state index in [0.717, 1.165) is 12.1 Å². The van der Waals surface area contributed by atoms with Crippen molar-refractivity contribution in [3.05, 3.63) is 40.7 Å². The van der Waals surface area contributed by atoms with E-state index >= 15 is 0 Å². The Bertz CT molecular complexity index is 570. The molecule has 0 atom stereocenters. The Labute approximate surface area is 120 Å². The van der Waals surface area contributed by atoms with Crippen LogP contribution < -0.4 is 0 Å². The Morgan fingerprint density at radius 2 is 2.15 bits per heavy atom. The number of nitrogens with one attached hydrogen (secondary N) is 1. The van der Waals surface area contributed by atoms with Crippen molar-refractivity contribution in [1.29, 1.82) is 5.41 Å². The molecule has 0 saturated heterocycles. The summed E-state index contributed by atoms with van der Waals surface area (Å²) >= 11 is 5.60. The van der Waals surface area contributed by atoms with Crippen molar-refractivity contribution < 1.29 is 18.7 Å². The number of hydrogen-bond donors (Lipinski definition) is 1. The Morgan fingerprint density at radius 1 is 1.45 bits per heavy atom. The van der Waals surface area contributed by atoms with E-state index in [2.05, 4.69) is 4.74 Å². The number of carbonyl (C=O) groups excluding carboxylic acids is 2. The van der Waals surface area contributed by atoms with E-state index in [1.54, 1.807) is 6.92 Å². The summed E-state index contributed by atoms with van der Waals surface area (Å²) in [4.78, 5) is 22.7. The van der Waals surface area contributed by atoms with E-state index in [-0.39, 0.29) is 23.6 Å². The lowest BCUT2D eigenvalue weighted by molar-refractivity contribution is -0.135. The van der Waals surface area contributed by atoms with E-state index < -0.39 is 23.3 Å². The van der Waals surface area contributed by atoms with Crippen LogP contribution in [-0.2, 0) is 14.3 Å². The molecule has 1 aromatic rings. The minimum absolute atomic E-state index is 0.140. The molecule has 0 aliphatic rings. The van der Waals surface area contributed by atoms with Crippen molar-refractivity contribution in [3.63, 3.8) is 0 Å². The number of allylic oxidation sites excluding steroid dienone is 1. The van der Waals surface area contributed by atoms with E-state index in [1.807, 2.05) is 0 Å². The van der Waals surface area contributed by atoms with Crippen LogP contribution in [0.15, 0.2) is 24.3 Å². The number of benzene rings is 1. The summed E-state index contributed by atoms with van der Waals surface area (Å²) < 4.78 is 18.0. The molecule has 0 radical (unpaired) electrons. The summed E-state index contributed by atoms with van der Waals surface area (Å²) in [6.45, 7) is 1.75. The molecule has 0 bridgehead atoms. The van der Waals surface area contributed by atoms with Gasteiger partial charge in [-0.25, -0.2) is 9.18 Å². The van der Waals surface area contributed by atoms with E-state index in [4.69, 9.17) is 17.0 Å². The van der Waals surface area contributed by atoms with Crippen molar-refractivity contribution in [3.8, 4) is 0 Å². The Kier molecular flexibility index (Phi) is 6.06. The Balaban J connectivity index is 2.64. The third kappa shape index (κ3) is 4.93. The summed E-state index contributed by atoms with van der Waals surface area (Å²) in [6, 6.07) is 4.06. The number of ketones is 1. The van der Waals surface area contributed by atoms with Gasteiger partial charge in [-0.3, -0.25) is 10.2 Å². The monoisotopic (exact) mass is 297 g/mol. The first-order valence-electron chi connectivity index (χ1n) is 5.84. The zero-order valence-electron chi connectivity index (χ0n) is 10.8. The molecule has 4 nitrogen and oxygen atoms in total. The molecule has 0 aromatic heterocycles. The summed E-state index contributed by atoms with van der Waals surface area (Å²) in [7, 11) is 0. The van der Waals surface area contributed by atoms with Gasteiger partial charge in [-0.2, -0.15) is 0 Å². The highest BCUT2D eigenvalue weighted by atomic mass is 35.5. The third-order valence-corrected chi connectivity index (χ3v) is 2.52. The van der Waals surface area contributed by atoms with Gasteiger partial charge in [0.05, 0.1) is 13.0 Å². The van der Waals surface area contributed by atoms with Crippen molar-refractivity contribution in [1.82, 2.24) is 0 Å². The molecule has 106 valence electrons. The molecule has 6 heteroatoms. The molecule has 0 fully saturated rings. The van der Waals surface area contributed by atoms with Crippen LogP contribution in [0.5, 0.6) is 0 Å². The first kappa shape index (κ1) is 16.0. The lowest BCUT2D eigenvalue weighted by Gasteiger charge is -2.01. The van der Waals surface area contributed by atoms with Crippen LogP contribution in [0.25, 0.3) is 6.08 Å². The fraction of sp³-hybridized carbons (Fsp3) is 0.214. The van der Waals surface area contributed by atoms with Gasteiger partial charge in [0.15, 0.2) is 5.78 Å². The number of rotatable bonds is 6. The smallest absolute Gasteiger partial charge is 0.352 e. The number of hydrogen-bond acceptors (Lipinski definition) is 4. The van der Waals surface area contributed by atoms with E-state index in [0.29, 0.717) is 0 Å². The molecule has 0 heterocycles. The van der Waals surface area contributed by atoms with Gasteiger partial charge in [0, 0.05) is 10.6 Å². The van der Waals surface area contributed by atoms with Crippen LogP contribution in [-0.4, -0.2) is 24.1 Å². The lowest BCUT2D eigenvalue weighted by atomic mass is 10.1. The van der Waals surface area contributed by atoms with Gasteiger partial charge in [0.25, 0.3) is 0 Å². The molecular formula is C14H13ClFNO3. The summed E-state index contributed by atoms with van der Waals surface area (Å²) in [5, 5.41) is 7.62. The van der Waals surface area contributed by atoms with Gasteiger partial charge < -0.3 is 4.74 Å². The minimum atomic E-state index is -0.827. The van der Waals surface area contributed by atoms with Crippen molar-refractivity contribution in [2.24, 2.45) is 0 Å². The molecule has 0 aliphatic heterocycles. The minimum Gasteiger partial charge on any atom is -0.462 e. The second-order valence-electron chi connectivity index (χ2n) is 3.84. The van der Waals surface area contributed by atoms with Crippen molar-refractivity contribution >= 4 is 35.1 Å². The lowest BCUT2D eigenvalue weighted by Crippen LogP contribution is -2.19. The Morgan fingerprint density at radius 3 is 2.75 bits per heavy atom. The fourth-order valence-electron chi connectivity index (χ4n) is 1.34. The highest BCUT2D eigenvalue weighted by Gasteiger charge is 2.13. The first-order chi connectivity index (χ1) is 9.43. The molecule has 0 spiro atoms. The first-order valence-corrected chi connectivity index (χ1v) is 6.22. The standard InChI is InChI=1S/C14H13ClFNO3/c1-2-20-14(19)13(17)8-11(18)6-4-9-3-5-10(15)7-12(9)16/h3-7,17H,2,8H2,1H3/b6-4+,17-13?. The highest BCUT2D eigenvalue weighted by Crippen LogP contribution is 2.15. The van der Waals surface area contributed by atoms with Crippen LogP contribution in [0.3, 0.4) is 0 Å². The zero-order valence-corrected chi connectivity index (χ0v) is 11.5. The van der Waals surface area contributed by atoms with Crippen LogP contribution in [0, 0.1) is 11.2 Å². The second kappa shape index (κ2) is 7.55. The van der Waals surface area contributed by atoms with Crippen LogP contribution in [0.1, 0.15) is 18.9 Å². The van der Waals surface area contributed by atoms with Gasteiger partial charge in [-0.05, 0) is 31.2 Å². The molecule has 0 aliphatic carbocycles. The maximum atomic E-state index is 13.4. The van der Waals surface area contributed by atoms with E-state index in [1.165, 1.54) is 18.2 Å². The molecule has 1 aromatic carbocycles. The summed E-state index contributed by atoms with van der Waals surface area (Å²) in [5.74, 6) is -1.87. The van der Waals surface area contributed by atoms with Gasteiger partial charge in [0.2, 0.25) is 0 Å². The predicted octanol–water partition coefficient (Wildman–Crippen LogP) is 3.03. The highest BCUT2D eigenvalue weighted by molar-refractivity contribution is 6.39. The third-order valence-electron chi connectivity index (χ3n) is 2.28. The molecule has 0 amide bonds. The SMILES string of the molecule is CCOC(=O)C(=N)CC(=O)/C=C/c1ccc(Cl)cc1F. The molecule has 0 saturated carbocycles. The van der Waals surface area contributed by atoms with Crippen molar-refractivity contribution in [2.45, 2.75) is 13.3 Å². The van der Waals surface area contributed by atoms with Crippen LogP contribution >= 0.6 is 11.6 Å². The summed E-state index contributed by atoms with van der Waals surface area (Å²) in [5.41, 5.74) is -0.233. The second-order valence-corrected chi connectivity index (χ2v) is 4.28. The number of ether oxygens (including phenoxy) is 1. The molecule has 20 heavy (non-hydrogen) atoms. The topological polar surface area (TPSA) is 67.2 Å². The normalized spacial score (nSPS) is 10.6. The number of esters is 1. The zero-order chi connectivity index (χ0) is 15.1. The van der Waals surface area contributed by atoms with Crippen molar-refractivity contribution in [2.75, 3.05) is 6.61 Å². The largest absolute Gasteiger partial charge is 0.462 e. The predicted molar refractivity (Wildman–Crippen MR) is 74.4 cm³/mol. The molecule has 0 unspecified atom stereocenters. The fourth-order valence-corrected chi connectivity index (χ4v) is 1.50. The average Bonchev–Trinajstić information content (AvgIpc) is 2.37. The maximum absolute atomic E-state index is 13.4. The van der Waals surface area contributed by atoms with Crippen LogP contribution in [0.4, 0.5) is 4.39 Å². The quantitative estimate of drug-likeness (QED) is 0.498. The Hall–Kier alpha value is -2.01.